The number of likely N-dealkylation sites (tertiary alicyclic amines) is 1. The van der Waals surface area contributed by atoms with Gasteiger partial charge in [-0.15, -0.1) is 11.3 Å². The molecular formula is C22H30ClN3OS. The molecule has 4 rings (SSSR count). The Morgan fingerprint density at radius 1 is 1.18 bits per heavy atom. The molecule has 2 fully saturated rings. The van der Waals surface area contributed by atoms with E-state index in [9.17, 15) is 4.79 Å². The number of piperidine rings is 1. The van der Waals surface area contributed by atoms with Crippen LogP contribution in [-0.2, 0) is 11.3 Å². The maximum Gasteiger partial charge on any atom is 0.222 e. The van der Waals surface area contributed by atoms with E-state index in [0.29, 0.717) is 18.2 Å². The Kier molecular flexibility index (Phi) is 6.56. The van der Waals surface area contributed by atoms with Gasteiger partial charge in [0.15, 0.2) is 0 Å². The third-order valence-corrected chi connectivity index (χ3v) is 7.89. The van der Waals surface area contributed by atoms with Gasteiger partial charge in [0.1, 0.15) is 0 Å². The van der Waals surface area contributed by atoms with Crippen LogP contribution in [0.3, 0.4) is 0 Å². The number of rotatable bonds is 5. The number of likely N-dealkylation sites (N-methyl/N-ethyl adjacent to an activating group) is 1. The standard InChI is InChI=1S/C22H30ClN3OS/c1-24-11-13-26(14-12-24)21(27)9-8-17-5-4-10-25(15-17)16-20-22(23)18-6-2-3-7-19(18)28-20/h2-3,6-7,17H,4-5,8-16H2,1H3. The number of carbonyl (C=O) groups is 1. The van der Waals surface area contributed by atoms with Crippen molar-refractivity contribution in [1.82, 2.24) is 14.7 Å². The minimum Gasteiger partial charge on any atom is -0.340 e. The molecule has 0 N–H and O–H groups in total. The first-order chi connectivity index (χ1) is 13.6. The van der Waals surface area contributed by atoms with Crippen LogP contribution >= 0.6 is 22.9 Å². The fourth-order valence-electron chi connectivity index (χ4n) is 4.44. The molecule has 3 heterocycles. The Morgan fingerprint density at radius 2 is 1.96 bits per heavy atom. The molecule has 2 aliphatic rings. The predicted octanol–water partition coefficient (Wildman–Crippen LogP) is 4.32. The van der Waals surface area contributed by atoms with Gasteiger partial charge in [0.25, 0.3) is 0 Å². The molecular weight excluding hydrogens is 390 g/mol. The molecule has 0 aliphatic carbocycles. The minimum absolute atomic E-state index is 0.345. The average molecular weight is 420 g/mol. The largest absolute Gasteiger partial charge is 0.340 e. The molecule has 1 aromatic carbocycles. The highest BCUT2D eigenvalue weighted by molar-refractivity contribution is 7.19. The minimum atomic E-state index is 0.345. The zero-order chi connectivity index (χ0) is 19.5. The number of fused-ring (bicyclic) bond motifs is 1. The van der Waals surface area contributed by atoms with E-state index >= 15 is 0 Å². The second-order valence-corrected chi connectivity index (χ2v) is 9.82. The Bertz CT molecular complexity index is 815. The van der Waals surface area contributed by atoms with Gasteiger partial charge in [-0.25, -0.2) is 0 Å². The first-order valence-electron chi connectivity index (χ1n) is 10.4. The quantitative estimate of drug-likeness (QED) is 0.722. The topological polar surface area (TPSA) is 26.8 Å². The molecule has 0 bridgehead atoms. The number of piperazine rings is 1. The summed E-state index contributed by atoms with van der Waals surface area (Å²) in [7, 11) is 2.13. The van der Waals surface area contributed by atoms with E-state index in [1.807, 2.05) is 11.3 Å². The summed E-state index contributed by atoms with van der Waals surface area (Å²) in [6, 6.07) is 8.39. The molecule has 2 aromatic rings. The number of carbonyl (C=O) groups excluding carboxylic acids is 1. The second kappa shape index (κ2) is 9.12. The lowest BCUT2D eigenvalue weighted by Crippen LogP contribution is -2.47. The number of amides is 1. The first-order valence-corrected chi connectivity index (χ1v) is 11.6. The van der Waals surface area contributed by atoms with Crippen LogP contribution < -0.4 is 0 Å². The highest BCUT2D eigenvalue weighted by Gasteiger charge is 2.24. The van der Waals surface area contributed by atoms with Crippen molar-refractivity contribution in [2.45, 2.75) is 32.2 Å². The van der Waals surface area contributed by atoms with E-state index in [-0.39, 0.29) is 0 Å². The zero-order valence-electron chi connectivity index (χ0n) is 16.7. The molecule has 152 valence electrons. The number of benzene rings is 1. The second-order valence-electron chi connectivity index (χ2n) is 8.30. The molecule has 4 nitrogen and oxygen atoms in total. The van der Waals surface area contributed by atoms with Gasteiger partial charge in [-0.3, -0.25) is 9.69 Å². The van der Waals surface area contributed by atoms with Crippen LogP contribution in [0, 0.1) is 5.92 Å². The van der Waals surface area contributed by atoms with Crippen LogP contribution in [0.4, 0.5) is 0 Å². The Hall–Kier alpha value is -1.14. The van der Waals surface area contributed by atoms with Gasteiger partial charge in [-0.05, 0) is 44.8 Å². The molecule has 2 aliphatic heterocycles. The van der Waals surface area contributed by atoms with Crippen LogP contribution in [0.25, 0.3) is 10.1 Å². The number of hydrogen-bond donors (Lipinski definition) is 0. The van der Waals surface area contributed by atoms with Gasteiger partial charge in [0.2, 0.25) is 5.91 Å². The van der Waals surface area contributed by atoms with Gasteiger partial charge in [-0.2, -0.15) is 0 Å². The summed E-state index contributed by atoms with van der Waals surface area (Å²) >= 11 is 8.46. The van der Waals surface area contributed by atoms with E-state index in [1.54, 1.807) is 0 Å². The first kappa shape index (κ1) is 20.1. The Morgan fingerprint density at radius 3 is 2.75 bits per heavy atom. The Balaban J connectivity index is 1.29. The smallest absolute Gasteiger partial charge is 0.222 e. The third-order valence-electron chi connectivity index (χ3n) is 6.19. The van der Waals surface area contributed by atoms with Crippen LogP contribution in [0.1, 0.15) is 30.6 Å². The van der Waals surface area contributed by atoms with Crippen LogP contribution in [0.5, 0.6) is 0 Å². The van der Waals surface area contributed by atoms with Crippen molar-refractivity contribution in [3.8, 4) is 0 Å². The molecule has 0 radical (unpaired) electrons. The van der Waals surface area contributed by atoms with Crippen molar-refractivity contribution in [3.63, 3.8) is 0 Å². The number of thiophene rings is 1. The van der Waals surface area contributed by atoms with Crippen molar-refractivity contribution in [2.75, 3.05) is 46.3 Å². The summed E-state index contributed by atoms with van der Waals surface area (Å²) < 4.78 is 1.27. The lowest BCUT2D eigenvalue weighted by Gasteiger charge is -2.34. The predicted molar refractivity (Wildman–Crippen MR) is 118 cm³/mol. The van der Waals surface area contributed by atoms with E-state index in [4.69, 9.17) is 11.6 Å². The molecule has 0 saturated carbocycles. The SMILES string of the molecule is CN1CCN(C(=O)CCC2CCCN(Cc3sc4ccccc4c3Cl)C2)CC1. The third kappa shape index (κ3) is 4.70. The van der Waals surface area contributed by atoms with Gasteiger partial charge in [0.05, 0.1) is 5.02 Å². The molecule has 2 saturated heterocycles. The summed E-state index contributed by atoms with van der Waals surface area (Å²) in [6.45, 7) is 6.92. The molecule has 6 heteroatoms. The molecule has 1 atom stereocenters. The molecule has 1 aromatic heterocycles. The maximum atomic E-state index is 12.5. The fourth-order valence-corrected chi connectivity index (χ4v) is 5.98. The van der Waals surface area contributed by atoms with Crippen LogP contribution in [0.2, 0.25) is 5.02 Å². The highest BCUT2D eigenvalue weighted by atomic mass is 35.5. The highest BCUT2D eigenvalue weighted by Crippen LogP contribution is 2.36. The van der Waals surface area contributed by atoms with Gasteiger partial charge < -0.3 is 9.80 Å². The molecule has 1 amide bonds. The van der Waals surface area contributed by atoms with Crippen LogP contribution in [0.15, 0.2) is 24.3 Å². The lowest BCUT2D eigenvalue weighted by atomic mass is 9.93. The zero-order valence-corrected chi connectivity index (χ0v) is 18.3. The van der Waals surface area contributed by atoms with E-state index < -0.39 is 0 Å². The van der Waals surface area contributed by atoms with Gasteiger partial charge >= 0.3 is 0 Å². The summed E-state index contributed by atoms with van der Waals surface area (Å²) in [5.74, 6) is 0.969. The monoisotopic (exact) mass is 419 g/mol. The molecule has 1 unspecified atom stereocenters. The van der Waals surface area contributed by atoms with Crippen molar-refractivity contribution in [2.24, 2.45) is 5.92 Å². The van der Waals surface area contributed by atoms with E-state index in [2.05, 4.69) is 46.0 Å². The van der Waals surface area contributed by atoms with Gasteiger partial charge in [0, 0.05) is 60.7 Å². The molecule has 0 spiro atoms. The lowest BCUT2D eigenvalue weighted by molar-refractivity contribution is -0.133. The van der Waals surface area contributed by atoms with Crippen molar-refractivity contribution < 1.29 is 4.79 Å². The summed E-state index contributed by atoms with van der Waals surface area (Å²) in [6.07, 6.45) is 4.18. The summed E-state index contributed by atoms with van der Waals surface area (Å²) in [5.41, 5.74) is 0. The maximum absolute atomic E-state index is 12.5. The van der Waals surface area contributed by atoms with Crippen molar-refractivity contribution in [3.05, 3.63) is 34.2 Å². The molecule has 28 heavy (non-hydrogen) atoms. The number of hydrogen-bond acceptors (Lipinski definition) is 4. The van der Waals surface area contributed by atoms with Gasteiger partial charge in [-0.1, -0.05) is 29.8 Å². The summed E-state index contributed by atoms with van der Waals surface area (Å²) in [4.78, 5) is 20.7. The van der Waals surface area contributed by atoms with E-state index in [1.165, 1.54) is 27.8 Å². The normalized spacial score (nSPS) is 22.1. The fraction of sp³-hybridized carbons (Fsp3) is 0.591. The average Bonchev–Trinajstić information content (AvgIpc) is 3.03. The van der Waals surface area contributed by atoms with Crippen molar-refractivity contribution >= 4 is 38.9 Å². The van der Waals surface area contributed by atoms with E-state index in [0.717, 1.165) is 57.3 Å². The summed E-state index contributed by atoms with van der Waals surface area (Å²) in [5, 5.41) is 2.10. The number of nitrogens with zero attached hydrogens (tertiary/aromatic N) is 3. The van der Waals surface area contributed by atoms with Crippen LogP contribution in [-0.4, -0.2) is 66.9 Å². The Labute approximate surface area is 177 Å². The van der Waals surface area contributed by atoms with Crippen molar-refractivity contribution in [1.29, 1.82) is 0 Å². The number of halogens is 1.